The lowest BCUT2D eigenvalue weighted by atomic mass is 10.2. The van der Waals surface area contributed by atoms with Crippen molar-refractivity contribution in [2.45, 2.75) is 13.3 Å². The molecular weight excluding hydrogens is 369 g/mol. The minimum Gasteiger partial charge on any atom is -0.384 e. The Balaban J connectivity index is 1.46. The van der Waals surface area contributed by atoms with E-state index in [0.29, 0.717) is 13.0 Å². The van der Waals surface area contributed by atoms with E-state index in [4.69, 9.17) is 23.2 Å². The Hall–Kier alpha value is -1.91. The first kappa shape index (κ1) is 18.9. The van der Waals surface area contributed by atoms with Crippen molar-refractivity contribution >= 4 is 40.5 Å². The highest BCUT2D eigenvalue weighted by molar-refractivity contribution is 6.31. The highest BCUT2D eigenvalue weighted by atomic mass is 35.5. The van der Waals surface area contributed by atoms with Crippen molar-refractivity contribution in [3.63, 3.8) is 0 Å². The van der Waals surface area contributed by atoms with Crippen molar-refractivity contribution in [3.8, 4) is 0 Å². The minimum absolute atomic E-state index is 0.183. The Morgan fingerprint density at radius 2 is 1.81 bits per heavy atom. The van der Waals surface area contributed by atoms with Crippen LogP contribution >= 0.6 is 23.2 Å². The third kappa shape index (κ3) is 4.63. The summed E-state index contributed by atoms with van der Waals surface area (Å²) < 4.78 is 0. The fraction of sp³-hybridized carbons (Fsp3) is 0.350. The Bertz CT molecular complexity index is 773. The summed E-state index contributed by atoms with van der Waals surface area (Å²) in [6.07, 6.45) is 0.475. The number of anilines is 2. The molecular formula is C20H23Cl2N3O. The van der Waals surface area contributed by atoms with E-state index in [1.807, 2.05) is 48.2 Å². The molecule has 1 amide bonds. The number of benzene rings is 2. The van der Waals surface area contributed by atoms with E-state index in [0.717, 1.165) is 53.2 Å². The topological polar surface area (TPSA) is 35.6 Å². The summed E-state index contributed by atoms with van der Waals surface area (Å²) in [5, 5.41) is 4.78. The predicted molar refractivity (Wildman–Crippen MR) is 110 cm³/mol. The first-order chi connectivity index (χ1) is 12.5. The number of amides is 1. The molecule has 0 unspecified atom stereocenters. The van der Waals surface area contributed by atoms with Crippen LogP contribution < -0.4 is 10.2 Å². The van der Waals surface area contributed by atoms with Gasteiger partial charge < -0.3 is 15.1 Å². The first-order valence-electron chi connectivity index (χ1n) is 8.82. The van der Waals surface area contributed by atoms with Gasteiger partial charge in [-0.1, -0.05) is 35.3 Å². The van der Waals surface area contributed by atoms with Crippen LogP contribution in [0.15, 0.2) is 42.5 Å². The molecule has 0 spiro atoms. The molecule has 1 aliphatic rings. The van der Waals surface area contributed by atoms with Gasteiger partial charge in [0, 0.05) is 60.6 Å². The third-order valence-electron chi connectivity index (χ3n) is 4.73. The van der Waals surface area contributed by atoms with Gasteiger partial charge in [-0.3, -0.25) is 4.79 Å². The third-order valence-corrected chi connectivity index (χ3v) is 5.37. The van der Waals surface area contributed by atoms with Gasteiger partial charge in [0.15, 0.2) is 0 Å². The molecule has 4 nitrogen and oxygen atoms in total. The summed E-state index contributed by atoms with van der Waals surface area (Å²) in [5.74, 6) is 0.183. The van der Waals surface area contributed by atoms with E-state index in [1.165, 1.54) is 0 Å². The molecule has 1 heterocycles. The molecule has 1 saturated heterocycles. The van der Waals surface area contributed by atoms with Gasteiger partial charge in [-0.2, -0.15) is 0 Å². The average Bonchev–Trinajstić information content (AvgIpc) is 2.65. The van der Waals surface area contributed by atoms with Crippen LogP contribution in [0.5, 0.6) is 0 Å². The summed E-state index contributed by atoms with van der Waals surface area (Å²) >= 11 is 12.2. The molecule has 6 heteroatoms. The zero-order valence-electron chi connectivity index (χ0n) is 14.8. The van der Waals surface area contributed by atoms with Gasteiger partial charge in [0.1, 0.15) is 0 Å². The normalized spacial score (nSPS) is 14.4. The average molecular weight is 392 g/mol. The molecule has 1 fully saturated rings. The maximum atomic E-state index is 12.5. The van der Waals surface area contributed by atoms with Crippen LogP contribution in [0.25, 0.3) is 0 Å². The smallest absolute Gasteiger partial charge is 0.224 e. The second-order valence-electron chi connectivity index (χ2n) is 6.44. The van der Waals surface area contributed by atoms with Gasteiger partial charge in [-0.25, -0.2) is 0 Å². The van der Waals surface area contributed by atoms with Crippen molar-refractivity contribution in [2.24, 2.45) is 0 Å². The quantitative estimate of drug-likeness (QED) is 0.817. The Morgan fingerprint density at radius 3 is 2.54 bits per heavy atom. The highest BCUT2D eigenvalue weighted by Gasteiger charge is 2.21. The molecule has 3 rings (SSSR count). The maximum Gasteiger partial charge on any atom is 0.224 e. The first-order valence-corrected chi connectivity index (χ1v) is 9.57. The van der Waals surface area contributed by atoms with Crippen LogP contribution in [-0.4, -0.2) is 43.5 Å². The number of halogens is 2. The number of carbonyl (C=O) groups is 1. The second-order valence-corrected chi connectivity index (χ2v) is 7.28. The molecule has 26 heavy (non-hydrogen) atoms. The van der Waals surface area contributed by atoms with Crippen LogP contribution in [0.2, 0.25) is 10.0 Å². The Labute approximate surface area is 164 Å². The molecule has 2 aromatic carbocycles. The van der Waals surface area contributed by atoms with Gasteiger partial charge >= 0.3 is 0 Å². The standard InChI is InChI=1S/C20H23Cl2N3O/c1-15-18(22)6-3-7-19(15)23-9-8-20(26)25-12-10-24(11-13-25)17-5-2-4-16(21)14-17/h2-7,14,23H,8-13H2,1H3. The molecule has 0 aromatic heterocycles. The van der Waals surface area contributed by atoms with Crippen LogP contribution in [0, 0.1) is 6.92 Å². The summed E-state index contributed by atoms with van der Waals surface area (Å²) in [6, 6.07) is 13.6. The van der Waals surface area contributed by atoms with E-state index in [1.54, 1.807) is 0 Å². The maximum absolute atomic E-state index is 12.5. The second kappa shape index (κ2) is 8.65. The fourth-order valence-electron chi connectivity index (χ4n) is 3.15. The largest absolute Gasteiger partial charge is 0.384 e. The van der Waals surface area contributed by atoms with Crippen molar-refractivity contribution in [1.82, 2.24) is 4.90 Å². The molecule has 2 aromatic rings. The molecule has 1 aliphatic heterocycles. The van der Waals surface area contributed by atoms with Crippen molar-refractivity contribution in [3.05, 3.63) is 58.1 Å². The molecule has 1 N–H and O–H groups in total. The molecule has 0 saturated carbocycles. The van der Waals surface area contributed by atoms with Crippen molar-refractivity contribution in [2.75, 3.05) is 42.9 Å². The number of hydrogen-bond donors (Lipinski definition) is 1. The molecule has 0 radical (unpaired) electrons. The Morgan fingerprint density at radius 1 is 1.08 bits per heavy atom. The van der Waals surface area contributed by atoms with Crippen LogP contribution in [0.3, 0.4) is 0 Å². The minimum atomic E-state index is 0.183. The number of hydrogen-bond acceptors (Lipinski definition) is 3. The summed E-state index contributed by atoms with van der Waals surface area (Å²) in [4.78, 5) is 16.7. The number of nitrogens with one attached hydrogen (secondary N) is 1. The summed E-state index contributed by atoms with van der Waals surface area (Å²) in [5.41, 5.74) is 3.11. The number of piperazine rings is 1. The molecule has 138 valence electrons. The van der Waals surface area contributed by atoms with Gasteiger partial charge in [0.2, 0.25) is 5.91 Å². The lowest BCUT2D eigenvalue weighted by Crippen LogP contribution is -2.49. The highest BCUT2D eigenvalue weighted by Crippen LogP contribution is 2.23. The van der Waals surface area contributed by atoms with Crippen LogP contribution in [-0.2, 0) is 4.79 Å². The number of carbonyl (C=O) groups excluding carboxylic acids is 1. The fourth-order valence-corrected chi connectivity index (χ4v) is 3.51. The lowest BCUT2D eigenvalue weighted by molar-refractivity contribution is -0.131. The molecule has 0 bridgehead atoms. The number of rotatable bonds is 5. The summed E-state index contributed by atoms with van der Waals surface area (Å²) in [6.45, 7) is 5.71. The van der Waals surface area contributed by atoms with Gasteiger partial charge in [0.05, 0.1) is 0 Å². The lowest BCUT2D eigenvalue weighted by Gasteiger charge is -2.36. The molecule has 0 aliphatic carbocycles. The van der Waals surface area contributed by atoms with Crippen LogP contribution in [0.4, 0.5) is 11.4 Å². The van der Waals surface area contributed by atoms with Gasteiger partial charge in [-0.05, 0) is 42.8 Å². The van der Waals surface area contributed by atoms with E-state index in [-0.39, 0.29) is 5.91 Å². The molecule has 0 atom stereocenters. The monoisotopic (exact) mass is 391 g/mol. The number of nitrogens with zero attached hydrogens (tertiary/aromatic N) is 2. The predicted octanol–water partition coefficient (Wildman–Crippen LogP) is 4.45. The van der Waals surface area contributed by atoms with E-state index in [2.05, 4.69) is 16.3 Å². The zero-order valence-corrected chi connectivity index (χ0v) is 16.4. The van der Waals surface area contributed by atoms with Crippen molar-refractivity contribution in [1.29, 1.82) is 0 Å². The van der Waals surface area contributed by atoms with Gasteiger partial charge in [-0.15, -0.1) is 0 Å². The Kier molecular flexibility index (Phi) is 6.28. The van der Waals surface area contributed by atoms with Crippen molar-refractivity contribution < 1.29 is 4.79 Å². The van der Waals surface area contributed by atoms with E-state index in [9.17, 15) is 4.79 Å². The SMILES string of the molecule is Cc1c(Cl)cccc1NCCC(=O)N1CCN(c2cccc(Cl)c2)CC1. The summed E-state index contributed by atoms with van der Waals surface area (Å²) in [7, 11) is 0. The zero-order chi connectivity index (χ0) is 18.5. The van der Waals surface area contributed by atoms with Gasteiger partial charge in [0.25, 0.3) is 0 Å². The van der Waals surface area contributed by atoms with E-state index < -0.39 is 0 Å². The van der Waals surface area contributed by atoms with E-state index >= 15 is 0 Å². The van der Waals surface area contributed by atoms with Crippen LogP contribution in [0.1, 0.15) is 12.0 Å².